The van der Waals surface area contributed by atoms with Crippen molar-refractivity contribution in [1.82, 2.24) is 15.0 Å². The third-order valence-corrected chi connectivity index (χ3v) is 5.94. The average molecular weight is 464 g/mol. The molecular formula is C25H25N3O4S. The van der Waals surface area contributed by atoms with E-state index in [1.807, 2.05) is 43.3 Å². The number of benzene rings is 2. The van der Waals surface area contributed by atoms with Crippen molar-refractivity contribution in [2.75, 3.05) is 7.11 Å². The largest absolute Gasteiger partial charge is 0.448 e. The Morgan fingerprint density at radius 2 is 1.58 bits per heavy atom. The van der Waals surface area contributed by atoms with Crippen LogP contribution in [-0.2, 0) is 14.6 Å². The minimum absolute atomic E-state index is 0.179. The van der Waals surface area contributed by atoms with Crippen LogP contribution >= 0.6 is 0 Å². The zero-order valence-electron chi connectivity index (χ0n) is 18.9. The molecule has 0 spiro atoms. The number of aromatic amines is 1. The first kappa shape index (κ1) is 22.7. The van der Waals surface area contributed by atoms with Gasteiger partial charge >= 0.3 is 10.4 Å². The predicted molar refractivity (Wildman–Crippen MR) is 128 cm³/mol. The van der Waals surface area contributed by atoms with Crippen LogP contribution in [0.15, 0.2) is 66.7 Å². The molecule has 0 atom stereocenters. The Hall–Kier alpha value is -3.49. The van der Waals surface area contributed by atoms with Crippen LogP contribution in [0.1, 0.15) is 31.3 Å². The van der Waals surface area contributed by atoms with Gasteiger partial charge in [-0.05, 0) is 48.4 Å². The minimum atomic E-state index is -4.05. The second kappa shape index (κ2) is 9.17. The smallest absolute Gasteiger partial charge is 0.362 e. The van der Waals surface area contributed by atoms with Crippen LogP contribution < -0.4 is 4.18 Å². The van der Waals surface area contributed by atoms with E-state index in [0.717, 1.165) is 52.4 Å². The summed E-state index contributed by atoms with van der Waals surface area (Å²) in [4.78, 5) is 13.0. The van der Waals surface area contributed by atoms with Gasteiger partial charge in [0, 0.05) is 17.2 Å². The normalized spacial score (nSPS) is 11.7. The lowest BCUT2D eigenvalue weighted by molar-refractivity contribution is 0.330. The summed E-state index contributed by atoms with van der Waals surface area (Å²) in [6.07, 6.45) is 0. The summed E-state index contributed by atoms with van der Waals surface area (Å²) in [5.41, 5.74) is 6.33. The molecule has 1 N–H and O–H groups in total. The van der Waals surface area contributed by atoms with Crippen LogP contribution in [0.3, 0.4) is 0 Å². The maximum Gasteiger partial charge on any atom is 0.448 e. The third-order valence-electron chi connectivity index (χ3n) is 5.14. The Kier molecular flexibility index (Phi) is 6.31. The van der Waals surface area contributed by atoms with Crippen molar-refractivity contribution in [3.05, 3.63) is 78.2 Å². The third kappa shape index (κ3) is 5.13. The number of imidazole rings is 1. The van der Waals surface area contributed by atoms with E-state index in [1.165, 1.54) is 0 Å². The lowest BCUT2D eigenvalue weighted by atomic mass is 10.0. The first-order valence-electron chi connectivity index (χ1n) is 10.5. The summed E-state index contributed by atoms with van der Waals surface area (Å²) in [5.74, 6) is 1.31. The summed E-state index contributed by atoms with van der Waals surface area (Å²) in [5, 5.41) is 0. The molecular weight excluding hydrogens is 438 g/mol. The number of nitrogens with one attached hydrogen (secondary N) is 1. The summed E-state index contributed by atoms with van der Waals surface area (Å²) in [7, 11) is -3.00. The number of aromatic nitrogens is 3. The molecule has 0 amide bonds. The number of aryl methyl sites for hydroxylation is 1. The molecule has 2 heterocycles. The van der Waals surface area contributed by atoms with Crippen LogP contribution in [0, 0.1) is 6.92 Å². The Morgan fingerprint density at radius 3 is 2.24 bits per heavy atom. The lowest BCUT2D eigenvalue weighted by Gasteiger charge is -2.08. The molecule has 33 heavy (non-hydrogen) atoms. The van der Waals surface area contributed by atoms with Crippen molar-refractivity contribution in [3.63, 3.8) is 0 Å². The van der Waals surface area contributed by atoms with Crippen LogP contribution in [-0.4, -0.2) is 30.5 Å². The highest BCUT2D eigenvalue weighted by Crippen LogP contribution is 2.33. The Morgan fingerprint density at radius 1 is 0.879 bits per heavy atom. The molecule has 0 unspecified atom stereocenters. The van der Waals surface area contributed by atoms with E-state index in [1.54, 1.807) is 24.3 Å². The van der Waals surface area contributed by atoms with E-state index in [4.69, 9.17) is 9.17 Å². The van der Waals surface area contributed by atoms with Crippen molar-refractivity contribution in [1.29, 1.82) is 0 Å². The molecule has 0 aliphatic heterocycles. The molecule has 8 heteroatoms. The van der Waals surface area contributed by atoms with E-state index in [2.05, 4.69) is 34.1 Å². The highest BCUT2D eigenvalue weighted by molar-refractivity contribution is 7.82. The Labute approximate surface area is 193 Å². The number of nitrogens with zero attached hydrogens (tertiary/aromatic N) is 2. The highest BCUT2D eigenvalue weighted by atomic mass is 32.3. The average Bonchev–Trinajstić information content (AvgIpc) is 3.26. The van der Waals surface area contributed by atoms with E-state index < -0.39 is 10.4 Å². The molecule has 2 aromatic carbocycles. The van der Waals surface area contributed by atoms with E-state index in [9.17, 15) is 8.42 Å². The van der Waals surface area contributed by atoms with Crippen molar-refractivity contribution in [3.8, 4) is 39.5 Å². The standard InChI is InChI=1S/C25H25N3O4S/c1-16(2)25-27-23(24(28-25)22-10-5-7-17(3)26-22)20-9-6-8-19(15-20)18-11-13-21(14-12-18)32-33(29,30)31-4/h5-16H,1-4H3,(H,27,28). The zero-order valence-corrected chi connectivity index (χ0v) is 19.7. The van der Waals surface area contributed by atoms with Gasteiger partial charge in [0.1, 0.15) is 11.6 Å². The van der Waals surface area contributed by atoms with Gasteiger partial charge in [-0.25, -0.2) is 9.17 Å². The van der Waals surface area contributed by atoms with Gasteiger partial charge in [-0.3, -0.25) is 4.98 Å². The molecule has 0 aliphatic carbocycles. The quantitative estimate of drug-likeness (QED) is 0.388. The Bertz CT molecular complexity index is 1380. The number of hydrogen-bond donors (Lipinski definition) is 1. The fourth-order valence-corrected chi connectivity index (χ4v) is 3.86. The molecule has 0 saturated heterocycles. The van der Waals surface area contributed by atoms with Gasteiger partial charge in [0.15, 0.2) is 0 Å². The zero-order chi connectivity index (χ0) is 23.6. The summed E-state index contributed by atoms with van der Waals surface area (Å²) in [6.45, 7) is 6.16. The van der Waals surface area contributed by atoms with E-state index >= 15 is 0 Å². The van der Waals surface area contributed by atoms with Gasteiger partial charge in [0.2, 0.25) is 0 Å². The first-order chi connectivity index (χ1) is 15.8. The molecule has 2 aromatic heterocycles. The highest BCUT2D eigenvalue weighted by Gasteiger charge is 2.17. The van der Waals surface area contributed by atoms with Gasteiger partial charge < -0.3 is 9.17 Å². The summed E-state index contributed by atoms with van der Waals surface area (Å²) < 4.78 is 32.2. The molecule has 0 fully saturated rings. The molecule has 4 aromatic rings. The maximum absolute atomic E-state index is 11.5. The van der Waals surface area contributed by atoms with Gasteiger partial charge in [0.05, 0.1) is 24.2 Å². The van der Waals surface area contributed by atoms with Gasteiger partial charge in [-0.1, -0.05) is 50.2 Å². The second-order valence-corrected chi connectivity index (χ2v) is 9.24. The number of H-pyrrole nitrogens is 1. The monoisotopic (exact) mass is 463 g/mol. The Balaban J connectivity index is 1.73. The second-order valence-electron chi connectivity index (χ2n) is 7.93. The van der Waals surface area contributed by atoms with Crippen molar-refractivity contribution in [2.45, 2.75) is 26.7 Å². The first-order valence-corrected chi connectivity index (χ1v) is 11.8. The minimum Gasteiger partial charge on any atom is -0.362 e. The van der Waals surface area contributed by atoms with Crippen LogP contribution in [0.5, 0.6) is 5.75 Å². The topological polar surface area (TPSA) is 94.2 Å². The van der Waals surface area contributed by atoms with Crippen LogP contribution in [0.2, 0.25) is 0 Å². The van der Waals surface area contributed by atoms with Gasteiger partial charge in [-0.2, -0.15) is 8.42 Å². The number of pyridine rings is 1. The van der Waals surface area contributed by atoms with Crippen molar-refractivity contribution >= 4 is 10.4 Å². The van der Waals surface area contributed by atoms with E-state index in [-0.39, 0.29) is 11.7 Å². The fraction of sp³-hybridized carbons (Fsp3) is 0.200. The molecule has 0 bridgehead atoms. The molecule has 7 nitrogen and oxygen atoms in total. The molecule has 0 aliphatic rings. The fourth-order valence-electron chi connectivity index (χ4n) is 3.44. The van der Waals surface area contributed by atoms with Gasteiger partial charge in [-0.15, -0.1) is 0 Å². The molecule has 0 saturated carbocycles. The summed E-state index contributed by atoms with van der Waals surface area (Å²) in [6, 6.07) is 20.7. The van der Waals surface area contributed by atoms with E-state index in [0.29, 0.717) is 0 Å². The SMILES string of the molecule is COS(=O)(=O)Oc1ccc(-c2cccc(-c3nc(C(C)C)[nH]c3-c3cccc(C)n3)c2)cc1. The maximum atomic E-state index is 11.5. The predicted octanol–water partition coefficient (Wildman–Crippen LogP) is 5.51. The van der Waals surface area contributed by atoms with Crippen LogP contribution in [0.4, 0.5) is 0 Å². The molecule has 0 radical (unpaired) electrons. The number of rotatable bonds is 7. The lowest BCUT2D eigenvalue weighted by Crippen LogP contribution is -2.10. The molecule has 170 valence electrons. The van der Waals surface area contributed by atoms with Gasteiger partial charge in [0.25, 0.3) is 0 Å². The van der Waals surface area contributed by atoms with Crippen LogP contribution in [0.25, 0.3) is 33.8 Å². The van der Waals surface area contributed by atoms with Crippen molar-refractivity contribution < 1.29 is 16.8 Å². The number of hydrogen-bond acceptors (Lipinski definition) is 6. The van der Waals surface area contributed by atoms with Crippen molar-refractivity contribution in [2.24, 2.45) is 0 Å². The summed E-state index contributed by atoms with van der Waals surface area (Å²) >= 11 is 0. The molecule has 4 rings (SSSR count).